The van der Waals surface area contributed by atoms with Gasteiger partial charge in [0, 0.05) is 31.1 Å². The lowest BCUT2D eigenvalue weighted by Crippen LogP contribution is -2.42. The Labute approximate surface area is 162 Å². The van der Waals surface area contributed by atoms with Gasteiger partial charge < -0.3 is 15.5 Å². The summed E-state index contributed by atoms with van der Waals surface area (Å²) >= 11 is 0. The Balaban J connectivity index is 1.37. The highest BCUT2D eigenvalue weighted by molar-refractivity contribution is 6.10. The maximum Gasteiger partial charge on any atom is 0.244 e. The molecule has 3 amide bonds. The SMILES string of the molecule is Cn1ncc2c1CCCC2NC(=O)CCC(=O)N1CC(=O)Nc2ccccc21. The largest absolute Gasteiger partial charge is 0.349 e. The van der Waals surface area contributed by atoms with E-state index in [2.05, 4.69) is 15.7 Å². The van der Waals surface area contributed by atoms with Crippen molar-refractivity contribution in [3.8, 4) is 0 Å². The summed E-state index contributed by atoms with van der Waals surface area (Å²) in [5.74, 6) is -0.629. The number of nitrogens with zero attached hydrogens (tertiary/aromatic N) is 3. The summed E-state index contributed by atoms with van der Waals surface area (Å²) in [4.78, 5) is 38.4. The third kappa shape index (κ3) is 3.49. The molecule has 1 aliphatic carbocycles. The van der Waals surface area contributed by atoms with Gasteiger partial charge in [0.05, 0.1) is 23.6 Å². The van der Waals surface area contributed by atoms with E-state index >= 15 is 0 Å². The molecule has 0 saturated heterocycles. The van der Waals surface area contributed by atoms with Crippen LogP contribution in [0.4, 0.5) is 11.4 Å². The molecular weight excluding hydrogens is 358 g/mol. The fourth-order valence-corrected chi connectivity index (χ4v) is 3.93. The van der Waals surface area contributed by atoms with Crippen molar-refractivity contribution >= 4 is 29.1 Å². The van der Waals surface area contributed by atoms with E-state index in [0.29, 0.717) is 11.4 Å². The summed E-state index contributed by atoms with van der Waals surface area (Å²) in [6, 6.07) is 7.11. The van der Waals surface area contributed by atoms with Gasteiger partial charge in [-0.3, -0.25) is 19.1 Å². The van der Waals surface area contributed by atoms with Crippen molar-refractivity contribution in [1.29, 1.82) is 0 Å². The predicted molar refractivity (Wildman–Crippen MR) is 104 cm³/mol. The Morgan fingerprint density at radius 3 is 2.96 bits per heavy atom. The molecule has 0 saturated carbocycles. The second-order valence-electron chi connectivity index (χ2n) is 7.23. The van der Waals surface area contributed by atoms with E-state index in [9.17, 15) is 14.4 Å². The summed E-state index contributed by atoms with van der Waals surface area (Å²) in [6.45, 7) is -0.0286. The van der Waals surface area contributed by atoms with Crippen molar-refractivity contribution in [3.63, 3.8) is 0 Å². The molecule has 146 valence electrons. The summed E-state index contributed by atoms with van der Waals surface area (Å²) in [5, 5.41) is 10.1. The van der Waals surface area contributed by atoms with Crippen LogP contribution in [0.5, 0.6) is 0 Å². The molecule has 28 heavy (non-hydrogen) atoms. The Bertz CT molecular complexity index is 936. The van der Waals surface area contributed by atoms with Gasteiger partial charge in [-0.2, -0.15) is 5.10 Å². The predicted octanol–water partition coefficient (Wildman–Crippen LogP) is 1.68. The fraction of sp³-hybridized carbons (Fsp3) is 0.400. The third-order valence-corrected chi connectivity index (χ3v) is 5.35. The van der Waals surface area contributed by atoms with Gasteiger partial charge in [0.1, 0.15) is 6.54 Å². The first-order valence-electron chi connectivity index (χ1n) is 9.52. The van der Waals surface area contributed by atoms with Crippen molar-refractivity contribution in [2.24, 2.45) is 7.05 Å². The summed E-state index contributed by atoms with van der Waals surface area (Å²) in [5.41, 5.74) is 3.50. The smallest absolute Gasteiger partial charge is 0.244 e. The molecule has 0 fully saturated rings. The minimum atomic E-state index is -0.234. The molecule has 2 N–H and O–H groups in total. The van der Waals surface area contributed by atoms with E-state index in [4.69, 9.17) is 0 Å². The van der Waals surface area contributed by atoms with Gasteiger partial charge >= 0.3 is 0 Å². The normalized spacial score (nSPS) is 18.1. The van der Waals surface area contributed by atoms with Crippen LogP contribution in [0.1, 0.15) is 43.0 Å². The van der Waals surface area contributed by atoms with Crippen LogP contribution in [-0.4, -0.2) is 34.0 Å². The fourth-order valence-electron chi connectivity index (χ4n) is 3.93. The third-order valence-electron chi connectivity index (χ3n) is 5.35. The lowest BCUT2D eigenvalue weighted by molar-refractivity contribution is -0.126. The lowest BCUT2D eigenvalue weighted by Gasteiger charge is -2.29. The number of hydrogen-bond donors (Lipinski definition) is 2. The molecule has 2 aliphatic rings. The first-order chi connectivity index (χ1) is 13.5. The molecule has 1 aliphatic heterocycles. The van der Waals surface area contributed by atoms with Crippen molar-refractivity contribution < 1.29 is 14.4 Å². The number of para-hydroxylation sites is 2. The van der Waals surface area contributed by atoms with Crippen LogP contribution in [0.25, 0.3) is 0 Å². The van der Waals surface area contributed by atoms with E-state index in [0.717, 1.165) is 30.5 Å². The molecule has 0 radical (unpaired) electrons. The molecular formula is C20H23N5O3. The second kappa shape index (κ2) is 7.46. The number of fused-ring (bicyclic) bond motifs is 2. The Hall–Kier alpha value is -3.16. The number of rotatable bonds is 4. The molecule has 8 heteroatoms. The molecule has 1 aromatic carbocycles. The zero-order valence-corrected chi connectivity index (χ0v) is 15.8. The van der Waals surface area contributed by atoms with E-state index in [1.165, 1.54) is 4.90 Å². The number of aromatic nitrogens is 2. The van der Waals surface area contributed by atoms with Crippen LogP contribution in [0.3, 0.4) is 0 Å². The molecule has 2 aromatic rings. The number of anilines is 2. The van der Waals surface area contributed by atoms with Crippen LogP contribution in [0, 0.1) is 0 Å². The monoisotopic (exact) mass is 381 g/mol. The molecule has 8 nitrogen and oxygen atoms in total. The Morgan fingerprint density at radius 2 is 2.11 bits per heavy atom. The van der Waals surface area contributed by atoms with E-state index < -0.39 is 0 Å². The van der Waals surface area contributed by atoms with Gasteiger partial charge in [-0.05, 0) is 31.4 Å². The molecule has 4 rings (SSSR count). The van der Waals surface area contributed by atoms with Gasteiger partial charge in [-0.25, -0.2) is 0 Å². The van der Waals surface area contributed by atoms with Crippen LogP contribution in [0.2, 0.25) is 0 Å². The van der Waals surface area contributed by atoms with Crippen molar-refractivity contribution in [3.05, 3.63) is 41.7 Å². The van der Waals surface area contributed by atoms with E-state index in [1.807, 2.05) is 24.0 Å². The average molecular weight is 381 g/mol. The molecule has 0 bridgehead atoms. The van der Waals surface area contributed by atoms with Crippen LogP contribution in [-0.2, 0) is 27.9 Å². The number of carbonyl (C=O) groups is 3. The lowest BCUT2D eigenvalue weighted by atomic mass is 9.93. The number of carbonyl (C=O) groups excluding carboxylic acids is 3. The number of nitrogens with one attached hydrogen (secondary N) is 2. The molecule has 1 aromatic heterocycles. The summed E-state index contributed by atoms with van der Waals surface area (Å²) < 4.78 is 1.86. The highest BCUT2D eigenvalue weighted by Gasteiger charge is 2.28. The first-order valence-corrected chi connectivity index (χ1v) is 9.52. The maximum atomic E-state index is 12.7. The average Bonchev–Trinajstić information content (AvgIpc) is 3.07. The summed E-state index contributed by atoms with van der Waals surface area (Å²) in [7, 11) is 1.91. The van der Waals surface area contributed by atoms with Crippen LogP contribution < -0.4 is 15.5 Å². The Kier molecular flexibility index (Phi) is 4.85. The van der Waals surface area contributed by atoms with Gasteiger partial charge in [0.15, 0.2) is 0 Å². The minimum absolute atomic E-state index is 0.0286. The van der Waals surface area contributed by atoms with Crippen molar-refractivity contribution in [1.82, 2.24) is 15.1 Å². The standard InChI is InChI=1S/C20H23N5O3/c1-24-16-8-4-6-14(13(16)11-21-24)22-18(26)9-10-20(28)25-12-19(27)23-15-5-2-3-7-17(15)25/h2-3,5,7,11,14H,4,6,8-10,12H2,1H3,(H,22,26)(H,23,27). The highest BCUT2D eigenvalue weighted by Crippen LogP contribution is 2.30. The molecule has 2 heterocycles. The number of benzene rings is 1. The highest BCUT2D eigenvalue weighted by atomic mass is 16.2. The first kappa shape index (κ1) is 18.2. The quantitative estimate of drug-likeness (QED) is 0.842. The molecule has 0 spiro atoms. The number of aryl methyl sites for hydroxylation is 1. The van der Waals surface area contributed by atoms with Crippen molar-refractivity contribution in [2.45, 2.75) is 38.1 Å². The minimum Gasteiger partial charge on any atom is -0.349 e. The maximum absolute atomic E-state index is 12.7. The topological polar surface area (TPSA) is 96.3 Å². The molecule has 1 atom stereocenters. The van der Waals surface area contributed by atoms with Gasteiger partial charge in [-0.1, -0.05) is 12.1 Å². The van der Waals surface area contributed by atoms with E-state index in [1.54, 1.807) is 18.2 Å². The zero-order chi connectivity index (χ0) is 19.7. The number of amides is 3. The molecule has 1 unspecified atom stereocenters. The van der Waals surface area contributed by atoms with Gasteiger partial charge in [0.2, 0.25) is 17.7 Å². The Morgan fingerprint density at radius 1 is 1.29 bits per heavy atom. The second-order valence-corrected chi connectivity index (χ2v) is 7.23. The zero-order valence-electron chi connectivity index (χ0n) is 15.8. The number of hydrogen-bond acceptors (Lipinski definition) is 4. The van der Waals surface area contributed by atoms with Gasteiger partial charge in [0.25, 0.3) is 0 Å². The summed E-state index contributed by atoms with van der Waals surface area (Å²) in [6.07, 6.45) is 4.79. The van der Waals surface area contributed by atoms with Crippen LogP contribution >= 0.6 is 0 Å². The van der Waals surface area contributed by atoms with Crippen molar-refractivity contribution in [2.75, 3.05) is 16.8 Å². The van der Waals surface area contributed by atoms with Crippen LogP contribution in [0.15, 0.2) is 30.5 Å². The van der Waals surface area contributed by atoms with E-state index in [-0.39, 0.29) is 43.1 Å². The van der Waals surface area contributed by atoms with Gasteiger partial charge in [-0.15, -0.1) is 0 Å².